The van der Waals surface area contributed by atoms with Crippen LogP contribution in [0.1, 0.15) is 15.9 Å². The largest absolute Gasteiger partial charge is 0.451 e. The van der Waals surface area contributed by atoms with Crippen LogP contribution in [0, 0.1) is 93.1 Å². The minimum absolute atomic E-state index is 0.213. The summed E-state index contributed by atoms with van der Waals surface area (Å²) in [4.78, 5) is 11.3. The highest BCUT2D eigenvalue weighted by atomic mass is 32.2. The fourth-order valence-corrected chi connectivity index (χ4v) is 9.67. The molecule has 86 heavy (non-hydrogen) atoms. The van der Waals surface area contributed by atoms with Crippen molar-refractivity contribution in [1.29, 1.82) is 0 Å². The molecule has 11 nitrogen and oxygen atoms in total. The number of hydrogen-bond donors (Lipinski definition) is 2. The molecule has 0 aliphatic carbocycles. The first kappa shape index (κ1) is 59.4. The van der Waals surface area contributed by atoms with Crippen LogP contribution in [0.25, 0.3) is 43.8 Å². The summed E-state index contributed by atoms with van der Waals surface area (Å²) in [5.41, 5.74) is -9.85. The Morgan fingerprint density at radius 1 is 0.314 bits per heavy atom. The maximum Gasteiger partial charge on any atom is 0.294 e. The average Bonchev–Trinajstić information content (AvgIpc) is 0.964. The maximum atomic E-state index is 15.7. The summed E-state index contributed by atoms with van der Waals surface area (Å²) < 4.78 is 335. The summed E-state index contributed by atoms with van der Waals surface area (Å²) in [7, 11) is -10.3. The standard InChI is InChI=1S/C57H22F16O11S2/c58-37-33(35-41(62)49(70)56(50(71)42(35)63)83-31-7-3-5-21-4-1-2-6-29(21)31)38(59)46(67)54(45(37)66)81-25-12-8-22(9-13-25)53(74)23-10-14-26(15-11-23)82-55-47(68)39(60)34(40(61)48(55)69)36-43(64)51(72)57(52(73)44(36)65)84-32-20-28(86(78,79)80)19-24-18-27(85(75,76)77)16-17-30(24)32/h1-20H,(H,75,76,77)(H,78,79,80). The molecule has 10 rings (SSSR count). The first-order valence-corrected chi connectivity index (χ1v) is 26.3. The lowest BCUT2D eigenvalue weighted by Gasteiger charge is -2.17. The van der Waals surface area contributed by atoms with Gasteiger partial charge in [-0.25, -0.2) is 35.1 Å². The first-order valence-electron chi connectivity index (χ1n) is 23.4. The summed E-state index contributed by atoms with van der Waals surface area (Å²) in [6, 6.07) is 19.8. The van der Waals surface area contributed by atoms with Gasteiger partial charge in [0.25, 0.3) is 20.2 Å². The predicted molar refractivity (Wildman–Crippen MR) is 267 cm³/mol. The van der Waals surface area contributed by atoms with Crippen LogP contribution in [0.5, 0.6) is 46.0 Å². The number of benzene rings is 10. The fraction of sp³-hybridized carbons (Fsp3) is 0. The third-order valence-electron chi connectivity index (χ3n) is 12.7. The second-order valence-corrected chi connectivity index (χ2v) is 20.7. The third-order valence-corrected chi connectivity index (χ3v) is 14.4. The van der Waals surface area contributed by atoms with Crippen molar-refractivity contribution in [3.05, 3.63) is 226 Å². The molecule has 0 saturated carbocycles. The number of ketones is 1. The molecule has 0 aliphatic rings. The van der Waals surface area contributed by atoms with Crippen LogP contribution in [0.4, 0.5) is 70.2 Å². The Kier molecular flexibility index (Phi) is 15.2. The molecular formula is C57H22F16O11S2. The Bertz CT molecular complexity index is 4680. The van der Waals surface area contributed by atoms with Gasteiger partial charge in [-0.2, -0.15) is 52.0 Å². The zero-order chi connectivity index (χ0) is 62.3. The van der Waals surface area contributed by atoms with E-state index in [2.05, 4.69) is 0 Å². The third kappa shape index (κ3) is 10.4. The zero-order valence-corrected chi connectivity index (χ0v) is 43.1. The highest BCUT2D eigenvalue weighted by Gasteiger charge is 2.38. The molecule has 2 N–H and O–H groups in total. The lowest BCUT2D eigenvalue weighted by Crippen LogP contribution is -2.09. The fourth-order valence-electron chi connectivity index (χ4n) is 8.62. The molecule has 0 aromatic heterocycles. The van der Waals surface area contributed by atoms with E-state index in [-0.39, 0.29) is 22.3 Å². The van der Waals surface area contributed by atoms with Crippen molar-refractivity contribution in [3.63, 3.8) is 0 Å². The van der Waals surface area contributed by atoms with Gasteiger partial charge in [-0.05, 0) is 89.6 Å². The molecule has 0 atom stereocenters. The minimum Gasteiger partial charge on any atom is -0.451 e. The van der Waals surface area contributed by atoms with Gasteiger partial charge in [0.15, 0.2) is 52.3 Å². The van der Waals surface area contributed by atoms with Crippen LogP contribution < -0.4 is 18.9 Å². The minimum atomic E-state index is -5.29. The second kappa shape index (κ2) is 22.0. The van der Waals surface area contributed by atoms with Crippen molar-refractivity contribution in [3.8, 4) is 68.2 Å². The molecule has 440 valence electrons. The van der Waals surface area contributed by atoms with Crippen molar-refractivity contribution < 1.29 is 120 Å². The van der Waals surface area contributed by atoms with Crippen molar-refractivity contribution in [2.24, 2.45) is 0 Å². The van der Waals surface area contributed by atoms with E-state index < -0.39 is 202 Å². The molecule has 0 fully saturated rings. The second-order valence-electron chi connectivity index (χ2n) is 17.9. The lowest BCUT2D eigenvalue weighted by molar-refractivity contribution is 0.103. The highest BCUT2D eigenvalue weighted by molar-refractivity contribution is 7.86. The maximum absolute atomic E-state index is 15.7. The van der Waals surface area contributed by atoms with E-state index in [1.54, 1.807) is 18.2 Å². The van der Waals surface area contributed by atoms with Gasteiger partial charge in [0.05, 0.1) is 32.0 Å². The van der Waals surface area contributed by atoms with Crippen LogP contribution in [-0.4, -0.2) is 31.7 Å². The van der Waals surface area contributed by atoms with Crippen molar-refractivity contribution in [2.75, 3.05) is 0 Å². The Morgan fingerprint density at radius 2 is 0.640 bits per heavy atom. The van der Waals surface area contributed by atoms with E-state index in [4.69, 9.17) is 18.9 Å². The van der Waals surface area contributed by atoms with Crippen LogP contribution in [0.3, 0.4) is 0 Å². The van der Waals surface area contributed by atoms with Crippen molar-refractivity contribution >= 4 is 47.6 Å². The van der Waals surface area contributed by atoms with E-state index in [0.717, 1.165) is 54.6 Å². The predicted octanol–water partition coefficient (Wildman–Crippen LogP) is 16.4. The van der Waals surface area contributed by atoms with Gasteiger partial charge in [0.1, 0.15) is 23.0 Å². The van der Waals surface area contributed by atoms with Gasteiger partial charge >= 0.3 is 0 Å². The van der Waals surface area contributed by atoms with Gasteiger partial charge in [0.2, 0.25) is 69.5 Å². The summed E-state index contributed by atoms with van der Waals surface area (Å²) in [6.45, 7) is 0. The summed E-state index contributed by atoms with van der Waals surface area (Å²) in [5, 5.41) is -0.379. The van der Waals surface area contributed by atoms with Gasteiger partial charge < -0.3 is 18.9 Å². The summed E-state index contributed by atoms with van der Waals surface area (Å²) in [6.07, 6.45) is 0. The monoisotopic (exact) mass is 1250 g/mol. The number of ether oxygens (including phenoxy) is 4. The SMILES string of the molecule is O=C(c1ccc(Oc2c(F)c(F)c(-c3c(F)c(F)c(Oc4cccc5ccccc45)c(F)c3F)c(F)c2F)cc1)c1ccc(Oc2c(F)c(F)c(-c3c(F)c(F)c(Oc4cc(S(=O)(=O)O)cc5cc(S(=O)(=O)O)ccc45)c(F)c3F)c(F)c2F)cc1. The van der Waals surface area contributed by atoms with E-state index in [1.807, 2.05) is 0 Å². The summed E-state index contributed by atoms with van der Waals surface area (Å²) in [5.74, 6) is -52.6. The topological polar surface area (TPSA) is 163 Å². The Balaban J connectivity index is 0.864. The lowest BCUT2D eigenvalue weighted by atomic mass is 10.0. The van der Waals surface area contributed by atoms with E-state index in [9.17, 15) is 30.7 Å². The molecule has 0 bridgehead atoms. The van der Waals surface area contributed by atoms with E-state index in [1.165, 1.54) is 24.3 Å². The molecule has 0 radical (unpaired) electrons. The van der Waals surface area contributed by atoms with Gasteiger partial charge in [0, 0.05) is 28.0 Å². The molecule has 0 amide bonds. The van der Waals surface area contributed by atoms with Gasteiger partial charge in [-0.15, -0.1) is 0 Å². The zero-order valence-electron chi connectivity index (χ0n) is 41.5. The molecule has 10 aromatic carbocycles. The average molecular weight is 1250 g/mol. The van der Waals surface area contributed by atoms with E-state index in [0.29, 0.717) is 29.7 Å². The Labute approximate surface area is 469 Å². The molecule has 29 heteroatoms. The van der Waals surface area contributed by atoms with Gasteiger partial charge in [-0.1, -0.05) is 36.4 Å². The van der Waals surface area contributed by atoms with E-state index >= 15 is 70.2 Å². The quantitative estimate of drug-likeness (QED) is 0.0461. The van der Waals surface area contributed by atoms with Crippen LogP contribution in [0.2, 0.25) is 0 Å². The first-order chi connectivity index (χ1) is 40.5. The Hall–Kier alpha value is -9.71. The number of rotatable bonds is 14. The van der Waals surface area contributed by atoms with Crippen molar-refractivity contribution in [1.82, 2.24) is 0 Å². The number of carbonyl (C=O) groups excluding carboxylic acids is 1. The Morgan fingerprint density at radius 3 is 1.02 bits per heavy atom. The van der Waals surface area contributed by atoms with Crippen LogP contribution in [0.15, 0.2) is 131 Å². The number of carbonyl (C=O) groups is 1. The molecule has 0 saturated heterocycles. The molecular weight excluding hydrogens is 1230 g/mol. The molecule has 10 aromatic rings. The van der Waals surface area contributed by atoms with Crippen molar-refractivity contribution in [2.45, 2.75) is 9.79 Å². The molecule has 0 aliphatic heterocycles. The summed E-state index contributed by atoms with van der Waals surface area (Å²) >= 11 is 0. The molecule has 0 unspecified atom stereocenters. The number of halogens is 16. The highest BCUT2D eigenvalue weighted by Crippen LogP contribution is 2.47. The van der Waals surface area contributed by atoms with Crippen LogP contribution >= 0.6 is 0 Å². The number of fused-ring (bicyclic) bond motifs is 2. The smallest absolute Gasteiger partial charge is 0.294 e. The molecule has 0 spiro atoms. The van der Waals surface area contributed by atoms with Crippen LogP contribution in [-0.2, 0) is 20.2 Å². The molecule has 0 heterocycles. The number of hydrogen-bond acceptors (Lipinski definition) is 9. The normalized spacial score (nSPS) is 11.8. The van der Waals surface area contributed by atoms with Gasteiger partial charge in [-0.3, -0.25) is 13.9 Å².